The Morgan fingerprint density at radius 1 is 1.27 bits per heavy atom. The molecule has 1 aromatic carbocycles. The molecule has 5 heteroatoms. The van der Waals surface area contributed by atoms with E-state index in [-0.39, 0.29) is 5.78 Å². The molecule has 1 fully saturated rings. The Morgan fingerprint density at radius 2 is 1.91 bits per heavy atom. The van der Waals surface area contributed by atoms with Crippen LogP contribution in [0.2, 0.25) is 5.02 Å². The van der Waals surface area contributed by atoms with Gasteiger partial charge in [-0.25, -0.2) is 0 Å². The minimum absolute atomic E-state index is 0.0204. The van der Waals surface area contributed by atoms with Crippen LogP contribution in [0, 0.1) is 5.92 Å². The topological polar surface area (TPSA) is 46.3 Å². The molecule has 0 bridgehead atoms. The minimum atomic E-state index is 0.0204. The predicted molar refractivity (Wildman–Crippen MR) is 94.2 cm³/mol. The quantitative estimate of drug-likeness (QED) is 0.843. The lowest BCUT2D eigenvalue weighted by Gasteiger charge is -2.32. The number of hydrogen-bond donors (Lipinski definition) is 1. The van der Waals surface area contributed by atoms with Gasteiger partial charge >= 0.3 is 0 Å². The van der Waals surface area contributed by atoms with Crippen LogP contribution < -0.4 is 10.6 Å². The number of halogens is 1. The summed E-state index contributed by atoms with van der Waals surface area (Å²) < 4.78 is 0. The Labute approximate surface area is 139 Å². The van der Waals surface area contributed by atoms with E-state index in [4.69, 9.17) is 17.3 Å². The number of carbonyl (C=O) groups is 1. The van der Waals surface area contributed by atoms with E-state index < -0.39 is 0 Å². The van der Waals surface area contributed by atoms with Crippen molar-refractivity contribution in [3.05, 3.63) is 45.8 Å². The van der Waals surface area contributed by atoms with E-state index in [9.17, 15) is 4.79 Å². The SMILES string of the molecule is CC1CCN(c2cc(N)sc2C(=O)c2ccc(Cl)cc2)CC1. The van der Waals surface area contributed by atoms with Crippen LogP contribution >= 0.6 is 22.9 Å². The lowest BCUT2D eigenvalue weighted by atomic mass is 9.98. The van der Waals surface area contributed by atoms with Gasteiger partial charge in [0.2, 0.25) is 5.78 Å². The van der Waals surface area contributed by atoms with Crippen LogP contribution in [-0.4, -0.2) is 18.9 Å². The number of nitrogens with zero attached hydrogens (tertiary/aromatic N) is 1. The number of rotatable bonds is 3. The molecule has 0 unspecified atom stereocenters. The first-order chi connectivity index (χ1) is 10.5. The number of benzene rings is 1. The van der Waals surface area contributed by atoms with Gasteiger partial charge in [0, 0.05) is 23.7 Å². The van der Waals surface area contributed by atoms with E-state index in [1.807, 2.05) is 6.07 Å². The average molecular weight is 335 g/mol. The van der Waals surface area contributed by atoms with Gasteiger partial charge in [0.25, 0.3) is 0 Å². The molecule has 0 amide bonds. The molecule has 22 heavy (non-hydrogen) atoms. The van der Waals surface area contributed by atoms with Crippen LogP contribution in [-0.2, 0) is 0 Å². The summed E-state index contributed by atoms with van der Waals surface area (Å²) in [6.45, 7) is 4.25. The fourth-order valence-electron chi connectivity index (χ4n) is 2.78. The second-order valence-corrected chi connectivity index (χ2v) is 7.39. The molecular weight excluding hydrogens is 316 g/mol. The number of thiophene rings is 1. The van der Waals surface area contributed by atoms with Gasteiger partial charge < -0.3 is 10.6 Å². The molecule has 0 aliphatic carbocycles. The van der Waals surface area contributed by atoms with Crippen LogP contribution in [0.15, 0.2) is 30.3 Å². The van der Waals surface area contributed by atoms with E-state index in [2.05, 4.69) is 11.8 Å². The van der Waals surface area contributed by atoms with Crippen molar-refractivity contribution in [2.24, 2.45) is 5.92 Å². The van der Waals surface area contributed by atoms with Gasteiger partial charge in [0.05, 0.1) is 10.7 Å². The number of carbonyl (C=O) groups excluding carboxylic acids is 1. The highest BCUT2D eigenvalue weighted by atomic mass is 35.5. The monoisotopic (exact) mass is 334 g/mol. The Morgan fingerprint density at radius 3 is 2.55 bits per heavy atom. The first-order valence-corrected chi connectivity index (χ1v) is 8.68. The van der Waals surface area contributed by atoms with Gasteiger partial charge in [0.1, 0.15) is 4.88 Å². The van der Waals surface area contributed by atoms with E-state index in [1.165, 1.54) is 11.3 Å². The molecule has 2 N–H and O–H groups in total. The maximum absolute atomic E-state index is 12.8. The lowest BCUT2D eigenvalue weighted by Crippen LogP contribution is -2.33. The maximum atomic E-state index is 12.8. The molecule has 2 heterocycles. The first-order valence-electron chi connectivity index (χ1n) is 7.49. The molecule has 0 spiro atoms. The van der Waals surface area contributed by atoms with Crippen molar-refractivity contribution < 1.29 is 4.79 Å². The van der Waals surface area contributed by atoms with Crippen LogP contribution in [0.5, 0.6) is 0 Å². The standard InChI is InChI=1S/C17H19ClN2OS/c1-11-6-8-20(9-7-11)14-10-15(19)22-17(14)16(21)12-2-4-13(18)5-3-12/h2-5,10-11H,6-9,19H2,1H3. The average Bonchev–Trinajstić information content (AvgIpc) is 2.90. The summed E-state index contributed by atoms with van der Waals surface area (Å²) in [5, 5.41) is 1.32. The molecule has 116 valence electrons. The Balaban J connectivity index is 1.90. The predicted octanol–water partition coefficient (Wildman–Crippen LogP) is 4.45. The largest absolute Gasteiger partial charge is 0.391 e. The highest BCUT2D eigenvalue weighted by Gasteiger charge is 2.24. The molecule has 3 rings (SSSR count). The maximum Gasteiger partial charge on any atom is 0.205 e. The van der Waals surface area contributed by atoms with Gasteiger partial charge in [-0.2, -0.15) is 0 Å². The van der Waals surface area contributed by atoms with Gasteiger partial charge in [0.15, 0.2) is 0 Å². The second-order valence-electron chi connectivity index (χ2n) is 5.87. The summed E-state index contributed by atoms with van der Waals surface area (Å²) in [5.74, 6) is 0.773. The fraction of sp³-hybridized carbons (Fsp3) is 0.353. The Hall–Kier alpha value is -1.52. The zero-order valence-corrected chi connectivity index (χ0v) is 14.1. The van der Waals surface area contributed by atoms with Crippen molar-refractivity contribution in [3.8, 4) is 0 Å². The van der Waals surface area contributed by atoms with Crippen molar-refractivity contribution in [2.45, 2.75) is 19.8 Å². The first kappa shape index (κ1) is 15.4. The number of hydrogen-bond acceptors (Lipinski definition) is 4. The van der Waals surface area contributed by atoms with Crippen LogP contribution in [0.4, 0.5) is 10.7 Å². The van der Waals surface area contributed by atoms with Crippen molar-refractivity contribution in [3.63, 3.8) is 0 Å². The molecule has 3 nitrogen and oxygen atoms in total. The van der Waals surface area contributed by atoms with Gasteiger partial charge in [-0.1, -0.05) is 18.5 Å². The smallest absolute Gasteiger partial charge is 0.205 e. The van der Waals surface area contributed by atoms with E-state index in [0.717, 1.165) is 42.4 Å². The molecule has 0 atom stereocenters. The zero-order valence-electron chi connectivity index (χ0n) is 12.5. The highest BCUT2D eigenvalue weighted by molar-refractivity contribution is 7.18. The molecule has 1 aliphatic heterocycles. The van der Waals surface area contributed by atoms with Crippen molar-refractivity contribution in [2.75, 3.05) is 23.7 Å². The second kappa shape index (κ2) is 6.31. The molecule has 1 aromatic heterocycles. The van der Waals surface area contributed by atoms with E-state index >= 15 is 0 Å². The highest BCUT2D eigenvalue weighted by Crippen LogP contribution is 2.36. The van der Waals surface area contributed by atoms with E-state index in [0.29, 0.717) is 15.6 Å². The third-order valence-electron chi connectivity index (χ3n) is 4.17. The summed E-state index contributed by atoms with van der Waals surface area (Å²) in [6.07, 6.45) is 2.31. The van der Waals surface area contributed by atoms with Gasteiger partial charge in [-0.3, -0.25) is 4.79 Å². The van der Waals surface area contributed by atoms with Crippen molar-refractivity contribution in [1.29, 1.82) is 0 Å². The van der Waals surface area contributed by atoms with Crippen molar-refractivity contribution >= 4 is 39.4 Å². The van der Waals surface area contributed by atoms with Crippen molar-refractivity contribution in [1.82, 2.24) is 0 Å². The summed E-state index contributed by atoms with van der Waals surface area (Å²) in [7, 11) is 0. The van der Waals surface area contributed by atoms with Crippen LogP contribution in [0.3, 0.4) is 0 Å². The number of ketones is 1. The molecular formula is C17H19ClN2OS. The van der Waals surface area contributed by atoms with Crippen LogP contribution in [0.1, 0.15) is 35.0 Å². The summed E-state index contributed by atoms with van der Waals surface area (Å²) in [4.78, 5) is 15.8. The van der Waals surface area contributed by atoms with Gasteiger partial charge in [-0.15, -0.1) is 11.3 Å². The minimum Gasteiger partial charge on any atom is -0.391 e. The number of anilines is 2. The van der Waals surface area contributed by atoms with Gasteiger partial charge in [-0.05, 0) is 49.1 Å². The summed E-state index contributed by atoms with van der Waals surface area (Å²) in [5.41, 5.74) is 7.60. The normalized spacial score (nSPS) is 16.0. The lowest BCUT2D eigenvalue weighted by molar-refractivity contribution is 0.104. The summed E-state index contributed by atoms with van der Waals surface area (Å²) in [6, 6.07) is 8.96. The Kier molecular flexibility index (Phi) is 4.41. The van der Waals surface area contributed by atoms with Crippen LogP contribution in [0.25, 0.3) is 0 Å². The molecule has 0 saturated carbocycles. The molecule has 1 saturated heterocycles. The number of nitrogen functional groups attached to an aromatic ring is 1. The van der Waals surface area contributed by atoms with E-state index in [1.54, 1.807) is 24.3 Å². The Bertz CT molecular complexity index is 672. The zero-order chi connectivity index (χ0) is 15.7. The number of nitrogens with two attached hydrogens (primary N) is 1. The molecule has 1 aliphatic rings. The third kappa shape index (κ3) is 3.13. The fourth-order valence-corrected chi connectivity index (χ4v) is 3.81. The molecule has 2 aromatic rings. The number of piperidine rings is 1. The molecule has 0 radical (unpaired) electrons. The summed E-state index contributed by atoms with van der Waals surface area (Å²) >= 11 is 7.27. The third-order valence-corrected chi connectivity index (χ3v) is 5.37.